The lowest BCUT2D eigenvalue weighted by Gasteiger charge is -2.10. The number of carbonyl (C=O) groups excluding carboxylic acids is 1. The summed E-state index contributed by atoms with van der Waals surface area (Å²) in [4.78, 5) is 24.5. The highest BCUT2D eigenvalue weighted by atomic mass is 16.5. The molecule has 0 aliphatic heterocycles. The number of nitrogens with zero attached hydrogens (tertiary/aromatic N) is 1. The fraction of sp³-hybridized carbons (Fsp3) is 0.214. The van der Waals surface area contributed by atoms with Gasteiger partial charge in [0.2, 0.25) is 0 Å². The lowest BCUT2D eigenvalue weighted by molar-refractivity contribution is -0.136. The van der Waals surface area contributed by atoms with Gasteiger partial charge in [0.1, 0.15) is 11.5 Å². The molecule has 1 aromatic heterocycles. The number of rotatable bonds is 9. The van der Waals surface area contributed by atoms with Crippen molar-refractivity contribution in [1.29, 1.82) is 0 Å². The van der Waals surface area contributed by atoms with Gasteiger partial charge in [-0.25, -0.2) is 0 Å². The van der Waals surface area contributed by atoms with Gasteiger partial charge in [-0.1, -0.05) is 30.3 Å². The minimum atomic E-state index is -0.900. The molecule has 0 saturated carbocycles. The number of fused-ring (bicyclic) bond motifs is 1. The maximum absolute atomic E-state index is 13.3. The van der Waals surface area contributed by atoms with Crippen LogP contribution in [0.5, 0.6) is 11.5 Å². The van der Waals surface area contributed by atoms with Gasteiger partial charge in [-0.05, 0) is 73.4 Å². The van der Waals surface area contributed by atoms with Crippen LogP contribution in [0.2, 0.25) is 0 Å². The third-order valence-corrected chi connectivity index (χ3v) is 5.82. The van der Waals surface area contributed by atoms with Crippen LogP contribution in [0.4, 0.5) is 0 Å². The van der Waals surface area contributed by atoms with Crippen molar-refractivity contribution >= 4 is 22.8 Å². The number of carboxylic acids is 1. The van der Waals surface area contributed by atoms with E-state index in [0.29, 0.717) is 29.0 Å². The van der Waals surface area contributed by atoms with Gasteiger partial charge in [-0.15, -0.1) is 0 Å². The summed E-state index contributed by atoms with van der Waals surface area (Å²) >= 11 is 0. The summed E-state index contributed by atoms with van der Waals surface area (Å²) in [5.41, 5.74) is 3.84. The van der Waals surface area contributed by atoms with Crippen LogP contribution in [0.25, 0.3) is 10.9 Å². The first-order valence-corrected chi connectivity index (χ1v) is 11.2. The quantitative estimate of drug-likeness (QED) is 0.346. The smallest absolute Gasteiger partial charge is 0.307 e. The van der Waals surface area contributed by atoms with Crippen molar-refractivity contribution in [2.75, 3.05) is 13.7 Å². The lowest BCUT2D eigenvalue weighted by Crippen LogP contribution is -2.13. The van der Waals surface area contributed by atoms with Gasteiger partial charge in [-0.3, -0.25) is 14.2 Å². The molecule has 0 aliphatic rings. The van der Waals surface area contributed by atoms with Gasteiger partial charge in [0.15, 0.2) is 0 Å². The largest absolute Gasteiger partial charge is 0.496 e. The normalized spacial score (nSPS) is 10.9. The summed E-state index contributed by atoms with van der Waals surface area (Å²) in [5.74, 6) is 0.521. The molecule has 34 heavy (non-hydrogen) atoms. The van der Waals surface area contributed by atoms with E-state index in [1.807, 2.05) is 37.3 Å². The van der Waals surface area contributed by atoms with Crippen molar-refractivity contribution in [3.63, 3.8) is 0 Å². The second-order valence-corrected chi connectivity index (χ2v) is 8.13. The standard InChI is InChI=1S/C28H27NO5/c1-19-17-24-22(18-27(30)31)8-5-10-25(24)29(19)28(32)21-12-14-23(15-13-21)34-16-6-9-20-7-3-4-11-26(20)33-2/h3-5,7-8,10-15,17H,6,9,16,18H2,1-2H3,(H,30,31). The topological polar surface area (TPSA) is 77.8 Å². The van der Waals surface area contributed by atoms with E-state index in [1.165, 1.54) is 0 Å². The molecule has 4 rings (SSSR count). The Kier molecular flexibility index (Phi) is 6.97. The molecule has 6 nitrogen and oxygen atoms in total. The summed E-state index contributed by atoms with van der Waals surface area (Å²) in [6.07, 6.45) is 1.61. The van der Waals surface area contributed by atoms with Gasteiger partial charge < -0.3 is 14.6 Å². The number of aryl methyl sites for hydroxylation is 2. The third-order valence-electron chi connectivity index (χ3n) is 5.82. The van der Waals surface area contributed by atoms with Crippen molar-refractivity contribution in [3.05, 3.63) is 95.2 Å². The van der Waals surface area contributed by atoms with E-state index < -0.39 is 5.97 Å². The highest BCUT2D eigenvalue weighted by Crippen LogP contribution is 2.26. The molecule has 4 aromatic rings. The van der Waals surface area contributed by atoms with Gasteiger partial charge in [0, 0.05) is 16.6 Å². The van der Waals surface area contributed by atoms with Crippen molar-refractivity contribution in [2.24, 2.45) is 0 Å². The van der Waals surface area contributed by atoms with Crippen molar-refractivity contribution in [1.82, 2.24) is 4.57 Å². The van der Waals surface area contributed by atoms with Crippen LogP contribution in [0, 0.1) is 6.92 Å². The van der Waals surface area contributed by atoms with Crippen LogP contribution < -0.4 is 9.47 Å². The molecule has 0 unspecified atom stereocenters. The fourth-order valence-corrected chi connectivity index (χ4v) is 4.20. The number of aliphatic carboxylic acids is 1. The molecular formula is C28H27NO5. The number of ether oxygens (including phenoxy) is 2. The number of benzene rings is 3. The third kappa shape index (κ3) is 4.96. The molecular weight excluding hydrogens is 430 g/mol. The zero-order valence-corrected chi connectivity index (χ0v) is 19.3. The fourth-order valence-electron chi connectivity index (χ4n) is 4.20. The summed E-state index contributed by atoms with van der Waals surface area (Å²) in [6.45, 7) is 2.40. The van der Waals surface area contributed by atoms with Crippen LogP contribution >= 0.6 is 0 Å². The predicted octanol–water partition coefficient (Wildman–Crippen LogP) is 5.29. The average molecular weight is 458 g/mol. The monoisotopic (exact) mass is 457 g/mol. The maximum atomic E-state index is 13.3. The van der Waals surface area contributed by atoms with E-state index in [9.17, 15) is 14.7 Å². The Balaban J connectivity index is 1.43. The Labute approximate surface area is 198 Å². The van der Waals surface area contributed by atoms with Gasteiger partial charge >= 0.3 is 5.97 Å². The molecule has 0 atom stereocenters. The molecule has 3 aromatic carbocycles. The number of aromatic nitrogens is 1. The molecule has 0 radical (unpaired) electrons. The summed E-state index contributed by atoms with van der Waals surface area (Å²) in [6, 6.07) is 22.3. The van der Waals surface area contributed by atoms with Gasteiger partial charge in [0.25, 0.3) is 5.91 Å². The van der Waals surface area contributed by atoms with E-state index in [4.69, 9.17) is 9.47 Å². The Morgan fingerprint density at radius 1 is 0.941 bits per heavy atom. The molecule has 0 aliphatic carbocycles. The Morgan fingerprint density at radius 2 is 1.68 bits per heavy atom. The first-order valence-electron chi connectivity index (χ1n) is 11.2. The van der Waals surface area contributed by atoms with Crippen LogP contribution in [0.15, 0.2) is 72.8 Å². The molecule has 6 heteroatoms. The zero-order valence-electron chi connectivity index (χ0n) is 19.3. The van der Waals surface area contributed by atoms with E-state index in [0.717, 1.165) is 35.2 Å². The summed E-state index contributed by atoms with van der Waals surface area (Å²) < 4.78 is 12.9. The Morgan fingerprint density at radius 3 is 2.41 bits per heavy atom. The number of methoxy groups -OCH3 is 1. The molecule has 1 heterocycles. The number of hydrogen-bond acceptors (Lipinski definition) is 4. The second kappa shape index (κ2) is 10.3. The van der Waals surface area contributed by atoms with E-state index in [1.54, 1.807) is 48.1 Å². The molecule has 0 amide bonds. The Hall–Kier alpha value is -4.06. The van der Waals surface area contributed by atoms with Gasteiger partial charge in [-0.2, -0.15) is 0 Å². The van der Waals surface area contributed by atoms with E-state index >= 15 is 0 Å². The van der Waals surface area contributed by atoms with Gasteiger partial charge in [0.05, 0.1) is 25.7 Å². The van der Waals surface area contributed by atoms with Crippen LogP contribution in [-0.2, 0) is 17.6 Å². The van der Waals surface area contributed by atoms with Crippen molar-refractivity contribution < 1.29 is 24.2 Å². The van der Waals surface area contributed by atoms with Crippen molar-refractivity contribution in [3.8, 4) is 11.5 Å². The highest BCUT2D eigenvalue weighted by molar-refractivity contribution is 6.04. The average Bonchev–Trinajstić information content (AvgIpc) is 3.18. The predicted molar refractivity (Wildman–Crippen MR) is 131 cm³/mol. The maximum Gasteiger partial charge on any atom is 0.307 e. The molecule has 0 fully saturated rings. The highest BCUT2D eigenvalue weighted by Gasteiger charge is 2.17. The molecule has 174 valence electrons. The van der Waals surface area contributed by atoms with Crippen LogP contribution in [-0.4, -0.2) is 35.3 Å². The van der Waals surface area contributed by atoms with Crippen LogP contribution in [0.1, 0.15) is 33.6 Å². The van der Waals surface area contributed by atoms with Crippen molar-refractivity contribution in [2.45, 2.75) is 26.2 Å². The minimum Gasteiger partial charge on any atom is -0.496 e. The lowest BCUT2D eigenvalue weighted by atomic mass is 10.1. The molecule has 0 saturated heterocycles. The first kappa shape index (κ1) is 23.1. The minimum absolute atomic E-state index is 0.0852. The molecule has 0 spiro atoms. The zero-order chi connectivity index (χ0) is 24.1. The summed E-state index contributed by atoms with van der Waals surface area (Å²) in [7, 11) is 1.67. The second-order valence-electron chi connectivity index (χ2n) is 8.13. The molecule has 0 bridgehead atoms. The molecule has 1 N–H and O–H groups in total. The number of para-hydroxylation sites is 1. The van der Waals surface area contributed by atoms with Crippen LogP contribution in [0.3, 0.4) is 0 Å². The number of carbonyl (C=O) groups is 2. The number of carboxylic acid groups (broad SMARTS) is 1. The SMILES string of the molecule is COc1ccccc1CCCOc1ccc(C(=O)n2c(C)cc3c(CC(=O)O)cccc32)cc1. The Bertz CT molecular complexity index is 1320. The summed E-state index contributed by atoms with van der Waals surface area (Å²) in [5, 5.41) is 9.97. The van der Waals surface area contributed by atoms with E-state index in [-0.39, 0.29) is 12.3 Å². The first-order chi connectivity index (χ1) is 16.5. The number of hydrogen-bond donors (Lipinski definition) is 1. The van der Waals surface area contributed by atoms with E-state index in [2.05, 4.69) is 6.07 Å².